The number of hydrogen-bond donors (Lipinski definition) is 0. The van der Waals surface area contributed by atoms with Crippen molar-refractivity contribution < 1.29 is 0 Å². The van der Waals surface area contributed by atoms with E-state index in [1.165, 1.54) is 27.8 Å². The molecule has 0 aliphatic carbocycles. The highest BCUT2D eigenvalue weighted by molar-refractivity contribution is 5.80. The second-order valence-electron chi connectivity index (χ2n) is 4.61. The van der Waals surface area contributed by atoms with Crippen LogP contribution in [0.5, 0.6) is 0 Å². The van der Waals surface area contributed by atoms with Gasteiger partial charge in [0.2, 0.25) is 0 Å². The van der Waals surface area contributed by atoms with Crippen molar-refractivity contribution in [1.82, 2.24) is 0 Å². The van der Waals surface area contributed by atoms with Crippen LogP contribution in [0, 0.1) is 13.8 Å². The van der Waals surface area contributed by atoms with Gasteiger partial charge in [-0.15, -0.1) is 0 Å². The van der Waals surface area contributed by atoms with Gasteiger partial charge in [0.15, 0.2) is 0 Å². The van der Waals surface area contributed by atoms with E-state index in [-0.39, 0.29) is 0 Å². The molecule has 0 atom stereocenters. The highest BCUT2D eigenvalue weighted by Gasteiger charge is 1.98. The number of aryl methyl sites for hydroxylation is 2. The molecule has 0 heteroatoms. The summed E-state index contributed by atoms with van der Waals surface area (Å²) in [6.45, 7) is 6.46. The first-order valence-corrected chi connectivity index (χ1v) is 5.97. The molecule has 0 N–H and O–H groups in total. The molecule has 0 aliphatic rings. The molecule has 0 aromatic heterocycles. The molecule has 17 heavy (non-hydrogen) atoms. The summed E-state index contributed by atoms with van der Waals surface area (Å²) in [5.74, 6) is 0. The van der Waals surface area contributed by atoms with Gasteiger partial charge in [0.1, 0.15) is 0 Å². The molecule has 0 amide bonds. The molecule has 0 nitrogen and oxygen atoms in total. The molecule has 0 saturated carbocycles. The lowest BCUT2D eigenvalue weighted by atomic mass is 10.00. The van der Waals surface area contributed by atoms with Gasteiger partial charge in [-0.25, -0.2) is 0 Å². The van der Waals surface area contributed by atoms with Gasteiger partial charge in [-0.05, 0) is 37.5 Å². The Morgan fingerprint density at radius 3 is 2.06 bits per heavy atom. The summed E-state index contributed by atoms with van der Waals surface area (Å²) in [5, 5.41) is 0. The SMILES string of the molecule is C/C(=C\c1ccccc1)c1cc(C)cc(C)c1. The van der Waals surface area contributed by atoms with Crippen LogP contribution in [-0.4, -0.2) is 0 Å². The summed E-state index contributed by atoms with van der Waals surface area (Å²) in [4.78, 5) is 0. The summed E-state index contributed by atoms with van der Waals surface area (Å²) >= 11 is 0. The molecule has 86 valence electrons. The van der Waals surface area contributed by atoms with E-state index in [1.807, 2.05) is 6.07 Å². The lowest BCUT2D eigenvalue weighted by Crippen LogP contribution is -1.84. The molecule has 0 radical (unpaired) electrons. The summed E-state index contributed by atoms with van der Waals surface area (Å²) < 4.78 is 0. The Morgan fingerprint density at radius 2 is 1.47 bits per heavy atom. The van der Waals surface area contributed by atoms with E-state index < -0.39 is 0 Å². The summed E-state index contributed by atoms with van der Waals surface area (Å²) in [5.41, 5.74) is 6.51. The summed E-state index contributed by atoms with van der Waals surface area (Å²) in [6, 6.07) is 17.1. The molecule has 0 fully saturated rings. The van der Waals surface area contributed by atoms with E-state index in [1.54, 1.807) is 0 Å². The predicted octanol–water partition coefficient (Wildman–Crippen LogP) is 4.86. The van der Waals surface area contributed by atoms with Crippen LogP contribution in [0.15, 0.2) is 48.5 Å². The Balaban J connectivity index is 2.37. The van der Waals surface area contributed by atoms with E-state index >= 15 is 0 Å². The number of benzene rings is 2. The quantitative estimate of drug-likeness (QED) is 0.636. The zero-order valence-corrected chi connectivity index (χ0v) is 10.7. The third-order valence-electron chi connectivity index (χ3n) is 2.86. The van der Waals surface area contributed by atoms with Crippen molar-refractivity contribution in [2.75, 3.05) is 0 Å². The van der Waals surface area contributed by atoms with Crippen LogP contribution in [-0.2, 0) is 0 Å². The molecule has 0 unspecified atom stereocenters. The van der Waals surface area contributed by atoms with Crippen LogP contribution in [0.25, 0.3) is 11.6 Å². The lowest BCUT2D eigenvalue weighted by molar-refractivity contribution is 1.36. The first-order valence-electron chi connectivity index (χ1n) is 5.97. The predicted molar refractivity (Wildman–Crippen MR) is 75.9 cm³/mol. The second-order valence-corrected chi connectivity index (χ2v) is 4.61. The molecule has 0 aliphatic heterocycles. The largest absolute Gasteiger partial charge is 0.0622 e. The van der Waals surface area contributed by atoms with Crippen LogP contribution in [0.2, 0.25) is 0 Å². The maximum absolute atomic E-state index is 2.24. The zero-order valence-electron chi connectivity index (χ0n) is 10.7. The average Bonchev–Trinajstić information content (AvgIpc) is 2.29. The van der Waals surface area contributed by atoms with Crippen molar-refractivity contribution in [3.8, 4) is 0 Å². The minimum absolute atomic E-state index is 1.25. The fourth-order valence-corrected chi connectivity index (χ4v) is 2.08. The van der Waals surface area contributed by atoms with Gasteiger partial charge < -0.3 is 0 Å². The summed E-state index contributed by atoms with van der Waals surface area (Å²) in [6.07, 6.45) is 2.23. The van der Waals surface area contributed by atoms with Gasteiger partial charge >= 0.3 is 0 Å². The zero-order chi connectivity index (χ0) is 12.3. The van der Waals surface area contributed by atoms with Gasteiger partial charge in [0, 0.05) is 0 Å². The van der Waals surface area contributed by atoms with E-state index in [2.05, 4.69) is 69.3 Å². The van der Waals surface area contributed by atoms with Crippen molar-refractivity contribution in [2.45, 2.75) is 20.8 Å². The lowest BCUT2D eigenvalue weighted by Gasteiger charge is -2.05. The third-order valence-corrected chi connectivity index (χ3v) is 2.86. The molecule has 2 aromatic carbocycles. The Bertz CT molecular complexity index is 513. The van der Waals surface area contributed by atoms with Gasteiger partial charge in [0.25, 0.3) is 0 Å². The van der Waals surface area contributed by atoms with Crippen molar-refractivity contribution in [3.05, 3.63) is 70.8 Å². The highest BCUT2D eigenvalue weighted by Crippen LogP contribution is 2.20. The average molecular weight is 222 g/mol. The van der Waals surface area contributed by atoms with E-state index in [0.717, 1.165) is 0 Å². The van der Waals surface area contributed by atoms with Crippen molar-refractivity contribution in [2.24, 2.45) is 0 Å². The maximum Gasteiger partial charge on any atom is -0.0222 e. The van der Waals surface area contributed by atoms with Crippen molar-refractivity contribution >= 4 is 11.6 Å². The Kier molecular flexibility index (Phi) is 3.43. The van der Waals surface area contributed by atoms with Gasteiger partial charge in [0.05, 0.1) is 0 Å². The molecular formula is C17H18. The fourth-order valence-electron chi connectivity index (χ4n) is 2.08. The normalized spacial score (nSPS) is 11.6. The van der Waals surface area contributed by atoms with Crippen LogP contribution in [0.4, 0.5) is 0 Å². The van der Waals surface area contributed by atoms with Crippen molar-refractivity contribution in [1.29, 1.82) is 0 Å². The van der Waals surface area contributed by atoms with E-state index in [0.29, 0.717) is 0 Å². The molecule has 0 saturated heterocycles. The molecular weight excluding hydrogens is 204 g/mol. The minimum atomic E-state index is 1.25. The monoisotopic (exact) mass is 222 g/mol. The van der Waals surface area contributed by atoms with Crippen molar-refractivity contribution in [3.63, 3.8) is 0 Å². The topological polar surface area (TPSA) is 0 Å². The first kappa shape index (κ1) is 11.7. The van der Waals surface area contributed by atoms with Crippen LogP contribution in [0.1, 0.15) is 29.2 Å². The highest BCUT2D eigenvalue weighted by atomic mass is 14.0. The molecule has 0 heterocycles. The second kappa shape index (κ2) is 5.01. The van der Waals surface area contributed by atoms with Crippen LogP contribution < -0.4 is 0 Å². The number of rotatable bonds is 2. The standard InChI is InChI=1S/C17H18/c1-13-9-14(2)11-17(10-13)15(3)12-16-7-5-4-6-8-16/h4-12H,1-3H3/b15-12+. The molecule has 0 bridgehead atoms. The minimum Gasteiger partial charge on any atom is -0.0622 e. The molecule has 2 rings (SSSR count). The molecule has 2 aromatic rings. The number of hydrogen-bond acceptors (Lipinski definition) is 0. The Hall–Kier alpha value is -1.82. The Morgan fingerprint density at radius 1 is 0.882 bits per heavy atom. The molecule has 0 spiro atoms. The van der Waals surface area contributed by atoms with E-state index in [4.69, 9.17) is 0 Å². The van der Waals surface area contributed by atoms with Gasteiger partial charge in [-0.3, -0.25) is 0 Å². The van der Waals surface area contributed by atoms with Crippen LogP contribution in [0.3, 0.4) is 0 Å². The van der Waals surface area contributed by atoms with Gasteiger partial charge in [-0.2, -0.15) is 0 Å². The van der Waals surface area contributed by atoms with Crippen LogP contribution >= 0.6 is 0 Å². The van der Waals surface area contributed by atoms with Gasteiger partial charge in [-0.1, -0.05) is 65.7 Å². The fraction of sp³-hybridized carbons (Fsp3) is 0.176. The summed E-state index contributed by atoms with van der Waals surface area (Å²) in [7, 11) is 0. The number of allylic oxidation sites excluding steroid dienone is 1. The third kappa shape index (κ3) is 3.07. The van der Waals surface area contributed by atoms with E-state index in [9.17, 15) is 0 Å². The maximum atomic E-state index is 2.24. The Labute approximate surface area is 104 Å². The first-order chi connectivity index (χ1) is 8.15. The smallest absolute Gasteiger partial charge is 0.0222 e.